The van der Waals surface area contributed by atoms with E-state index in [-0.39, 0.29) is 5.91 Å². The topological polar surface area (TPSA) is 48.1 Å². The van der Waals surface area contributed by atoms with Crippen LogP contribution in [0.2, 0.25) is 0 Å². The zero-order chi connectivity index (χ0) is 19.9. The summed E-state index contributed by atoms with van der Waals surface area (Å²) in [5, 5.41) is 3.01. The van der Waals surface area contributed by atoms with Crippen LogP contribution in [-0.4, -0.2) is 74.7 Å². The van der Waals surface area contributed by atoms with Crippen molar-refractivity contribution < 1.29 is 9.53 Å². The van der Waals surface area contributed by atoms with E-state index in [4.69, 9.17) is 4.74 Å². The summed E-state index contributed by atoms with van der Waals surface area (Å²) < 4.78 is 5.33. The average Bonchev–Trinajstić information content (AvgIpc) is 2.76. The van der Waals surface area contributed by atoms with E-state index >= 15 is 0 Å². The second-order valence-electron chi connectivity index (χ2n) is 7.73. The Kier molecular flexibility index (Phi) is 6.77. The molecule has 0 aromatic heterocycles. The van der Waals surface area contributed by atoms with Crippen LogP contribution >= 0.6 is 0 Å². The summed E-state index contributed by atoms with van der Waals surface area (Å²) in [5.41, 5.74) is 3.45. The van der Waals surface area contributed by atoms with Crippen LogP contribution in [0.3, 0.4) is 0 Å². The molecule has 4 rings (SSSR count). The van der Waals surface area contributed by atoms with Gasteiger partial charge in [-0.1, -0.05) is 30.3 Å². The Morgan fingerprint density at radius 3 is 2.21 bits per heavy atom. The molecule has 29 heavy (non-hydrogen) atoms. The molecule has 6 heteroatoms. The minimum absolute atomic E-state index is 0.0363. The van der Waals surface area contributed by atoms with Crippen LogP contribution in [0.15, 0.2) is 54.6 Å². The number of carbonyl (C=O) groups is 1. The first kappa shape index (κ1) is 19.9. The molecule has 0 spiro atoms. The summed E-state index contributed by atoms with van der Waals surface area (Å²) in [6.07, 6.45) is 0. The fourth-order valence-corrected chi connectivity index (χ4v) is 3.92. The molecule has 0 bridgehead atoms. The molecule has 1 N–H and O–H groups in total. The zero-order valence-corrected chi connectivity index (χ0v) is 16.9. The molecule has 0 saturated carbocycles. The maximum Gasteiger partial charge on any atom is 0.238 e. The van der Waals surface area contributed by atoms with Crippen molar-refractivity contribution in [1.82, 2.24) is 9.80 Å². The third-order valence-corrected chi connectivity index (χ3v) is 5.61. The molecule has 0 unspecified atom stereocenters. The fraction of sp³-hybridized carbons (Fsp3) is 0.435. The number of ether oxygens (including phenoxy) is 1. The summed E-state index contributed by atoms with van der Waals surface area (Å²) in [5.74, 6) is 0.0363. The number of amides is 1. The first-order chi connectivity index (χ1) is 14.3. The summed E-state index contributed by atoms with van der Waals surface area (Å²) >= 11 is 0. The first-order valence-corrected chi connectivity index (χ1v) is 10.5. The number of carbonyl (C=O) groups excluding carboxylic acids is 1. The Bertz CT molecular complexity index is 767. The highest BCUT2D eigenvalue weighted by atomic mass is 16.5. The summed E-state index contributed by atoms with van der Waals surface area (Å²) in [4.78, 5) is 19.3. The van der Waals surface area contributed by atoms with E-state index in [1.165, 1.54) is 11.3 Å². The summed E-state index contributed by atoms with van der Waals surface area (Å²) in [6, 6.07) is 18.9. The second kappa shape index (κ2) is 9.87. The normalized spacial score (nSPS) is 18.6. The van der Waals surface area contributed by atoms with Gasteiger partial charge in [-0.15, -0.1) is 0 Å². The third kappa shape index (κ3) is 5.79. The predicted octanol–water partition coefficient (Wildman–Crippen LogP) is 2.28. The number of hydrogen-bond acceptors (Lipinski definition) is 5. The highest BCUT2D eigenvalue weighted by Crippen LogP contribution is 2.20. The highest BCUT2D eigenvalue weighted by molar-refractivity contribution is 5.92. The van der Waals surface area contributed by atoms with Crippen molar-refractivity contribution >= 4 is 17.3 Å². The minimum atomic E-state index is 0.0363. The van der Waals surface area contributed by atoms with Crippen LogP contribution in [0.25, 0.3) is 0 Å². The molecule has 6 nitrogen and oxygen atoms in total. The average molecular weight is 395 g/mol. The molecule has 0 radical (unpaired) electrons. The molecule has 0 aliphatic carbocycles. The lowest BCUT2D eigenvalue weighted by molar-refractivity contribution is -0.118. The van der Waals surface area contributed by atoms with Crippen LogP contribution in [0, 0.1) is 0 Å². The zero-order valence-electron chi connectivity index (χ0n) is 16.9. The number of anilines is 2. The molecule has 1 amide bonds. The van der Waals surface area contributed by atoms with Crippen molar-refractivity contribution in [1.29, 1.82) is 0 Å². The van der Waals surface area contributed by atoms with Gasteiger partial charge in [-0.05, 0) is 29.8 Å². The van der Waals surface area contributed by atoms with Crippen molar-refractivity contribution in [3.8, 4) is 0 Å². The molecule has 0 atom stereocenters. The van der Waals surface area contributed by atoms with E-state index in [1.807, 2.05) is 12.1 Å². The lowest BCUT2D eigenvalue weighted by Crippen LogP contribution is -2.45. The Hall–Kier alpha value is -2.41. The van der Waals surface area contributed by atoms with Gasteiger partial charge in [0.05, 0.1) is 19.8 Å². The molecule has 2 aromatic carbocycles. The van der Waals surface area contributed by atoms with Crippen molar-refractivity contribution in [2.75, 3.05) is 69.2 Å². The predicted molar refractivity (Wildman–Crippen MR) is 116 cm³/mol. The van der Waals surface area contributed by atoms with E-state index in [2.05, 4.69) is 62.5 Å². The van der Waals surface area contributed by atoms with Crippen molar-refractivity contribution in [2.24, 2.45) is 0 Å². The van der Waals surface area contributed by atoms with E-state index in [9.17, 15) is 4.79 Å². The number of nitrogens with zero attached hydrogens (tertiary/aromatic N) is 3. The van der Waals surface area contributed by atoms with Gasteiger partial charge in [0.2, 0.25) is 5.91 Å². The highest BCUT2D eigenvalue weighted by Gasteiger charge is 2.18. The van der Waals surface area contributed by atoms with Crippen molar-refractivity contribution in [3.05, 3.63) is 60.2 Å². The number of hydrogen-bond donors (Lipinski definition) is 1. The lowest BCUT2D eigenvalue weighted by atomic mass is 10.2. The molecular formula is C23H30N4O2. The van der Waals surface area contributed by atoms with Gasteiger partial charge in [0.1, 0.15) is 0 Å². The van der Waals surface area contributed by atoms with Crippen LogP contribution in [0.1, 0.15) is 5.56 Å². The summed E-state index contributed by atoms with van der Waals surface area (Å²) in [7, 11) is 0. The minimum Gasteiger partial charge on any atom is -0.379 e. The fourth-order valence-electron chi connectivity index (χ4n) is 3.92. The number of nitrogens with one attached hydrogen (secondary N) is 1. The molecule has 2 saturated heterocycles. The summed E-state index contributed by atoms with van der Waals surface area (Å²) in [6.45, 7) is 8.68. The third-order valence-electron chi connectivity index (χ3n) is 5.61. The number of morpholine rings is 1. The molecule has 2 aliphatic heterocycles. The molecule has 2 fully saturated rings. The largest absolute Gasteiger partial charge is 0.379 e. The van der Waals surface area contributed by atoms with Gasteiger partial charge in [-0.25, -0.2) is 0 Å². The SMILES string of the molecule is O=C(CN1CCOCC1)Nc1ccc(N2CCN(Cc3ccccc3)CC2)cc1. The van der Waals surface area contributed by atoms with Gasteiger partial charge in [-0.3, -0.25) is 14.6 Å². The Morgan fingerprint density at radius 1 is 0.828 bits per heavy atom. The molecule has 154 valence electrons. The standard InChI is InChI=1S/C23H30N4O2/c28-23(19-26-14-16-29-17-15-26)24-21-6-8-22(9-7-21)27-12-10-25(11-13-27)18-20-4-2-1-3-5-20/h1-9H,10-19H2,(H,24,28). The molecule has 2 aliphatic rings. The maximum atomic E-state index is 12.2. The Morgan fingerprint density at radius 2 is 1.52 bits per heavy atom. The Labute approximate surface area is 173 Å². The van der Waals surface area contributed by atoms with Gasteiger partial charge in [0, 0.05) is 57.2 Å². The molecular weight excluding hydrogens is 364 g/mol. The van der Waals surface area contributed by atoms with Crippen LogP contribution in [0.5, 0.6) is 0 Å². The van der Waals surface area contributed by atoms with Gasteiger partial charge in [0.15, 0.2) is 0 Å². The van der Waals surface area contributed by atoms with Gasteiger partial charge in [0.25, 0.3) is 0 Å². The number of piperazine rings is 1. The number of rotatable bonds is 6. The van der Waals surface area contributed by atoms with E-state index in [1.54, 1.807) is 0 Å². The monoisotopic (exact) mass is 394 g/mol. The lowest BCUT2D eigenvalue weighted by Gasteiger charge is -2.36. The van der Waals surface area contributed by atoms with Crippen molar-refractivity contribution in [2.45, 2.75) is 6.54 Å². The van der Waals surface area contributed by atoms with E-state index in [0.717, 1.165) is 51.5 Å². The second-order valence-corrected chi connectivity index (χ2v) is 7.73. The van der Waals surface area contributed by atoms with Crippen molar-refractivity contribution in [3.63, 3.8) is 0 Å². The Balaban J connectivity index is 1.23. The van der Waals surface area contributed by atoms with E-state index in [0.29, 0.717) is 19.8 Å². The smallest absolute Gasteiger partial charge is 0.238 e. The number of benzene rings is 2. The quantitative estimate of drug-likeness (QED) is 0.815. The van der Waals surface area contributed by atoms with Gasteiger partial charge >= 0.3 is 0 Å². The van der Waals surface area contributed by atoms with Crippen LogP contribution < -0.4 is 10.2 Å². The first-order valence-electron chi connectivity index (χ1n) is 10.5. The van der Waals surface area contributed by atoms with Crippen LogP contribution in [0.4, 0.5) is 11.4 Å². The van der Waals surface area contributed by atoms with E-state index < -0.39 is 0 Å². The molecule has 2 heterocycles. The molecule has 2 aromatic rings. The van der Waals surface area contributed by atoms with Gasteiger partial charge < -0.3 is 15.0 Å². The van der Waals surface area contributed by atoms with Gasteiger partial charge in [-0.2, -0.15) is 0 Å². The van der Waals surface area contributed by atoms with Crippen LogP contribution in [-0.2, 0) is 16.1 Å². The maximum absolute atomic E-state index is 12.2.